The molecule has 74 valence electrons. The molecule has 2 aliphatic rings. The highest BCUT2D eigenvalue weighted by Crippen LogP contribution is 2.54. The topological polar surface area (TPSA) is 35.2 Å². The van der Waals surface area contributed by atoms with Crippen LogP contribution in [-0.2, 0) is 0 Å². The third-order valence-electron chi connectivity index (χ3n) is 3.77. The maximum Gasteiger partial charge on any atom is 0.122 e. The Labute approximate surface area is 84.1 Å². The largest absolute Gasteiger partial charge is 0.493 e. The summed E-state index contributed by atoms with van der Waals surface area (Å²) in [7, 11) is 0. The van der Waals surface area contributed by atoms with Gasteiger partial charge in [-0.3, -0.25) is 0 Å². The van der Waals surface area contributed by atoms with Gasteiger partial charge in [0.15, 0.2) is 0 Å². The minimum atomic E-state index is 0.00655. The van der Waals surface area contributed by atoms with Crippen LogP contribution >= 0.6 is 0 Å². The standard InChI is InChI=1S/C12H15NO/c1-8-6-12(8,13)10-7-14-11-5-3-2-4-9(10)11/h2-5,8,10H,6-7,13H2,1H3. The van der Waals surface area contributed by atoms with Gasteiger partial charge in [0.05, 0.1) is 6.61 Å². The Morgan fingerprint density at radius 2 is 2.14 bits per heavy atom. The lowest BCUT2D eigenvalue weighted by atomic mass is 9.90. The van der Waals surface area contributed by atoms with Gasteiger partial charge in [0.2, 0.25) is 0 Å². The summed E-state index contributed by atoms with van der Waals surface area (Å²) in [6.07, 6.45) is 1.13. The first-order chi connectivity index (χ1) is 6.72. The Balaban J connectivity index is 1.99. The quantitative estimate of drug-likeness (QED) is 0.732. The molecule has 0 saturated heterocycles. The third-order valence-corrected chi connectivity index (χ3v) is 3.77. The van der Waals surface area contributed by atoms with Gasteiger partial charge in [-0.15, -0.1) is 0 Å². The Morgan fingerprint density at radius 3 is 2.86 bits per heavy atom. The maximum atomic E-state index is 6.33. The number of nitrogens with two attached hydrogens (primary N) is 1. The molecule has 3 unspecified atom stereocenters. The molecule has 1 heterocycles. The summed E-state index contributed by atoms with van der Waals surface area (Å²) in [5.74, 6) is 2.08. The number of hydrogen-bond donors (Lipinski definition) is 1. The van der Waals surface area contributed by atoms with Gasteiger partial charge in [0, 0.05) is 17.0 Å². The van der Waals surface area contributed by atoms with Crippen molar-refractivity contribution in [1.29, 1.82) is 0 Å². The van der Waals surface area contributed by atoms with Gasteiger partial charge >= 0.3 is 0 Å². The fraction of sp³-hybridized carbons (Fsp3) is 0.500. The molecule has 2 N–H and O–H groups in total. The molecule has 1 aliphatic carbocycles. The number of benzene rings is 1. The molecule has 0 spiro atoms. The van der Waals surface area contributed by atoms with E-state index in [1.54, 1.807) is 0 Å². The number of fused-ring (bicyclic) bond motifs is 1. The highest BCUT2D eigenvalue weighted by Gasteiger charge is 2.55. The zero-order chi connectivity index (χ0) is 9.76. The first kappa shape index (κ1) is 8.30. The minimum Gasteiger partial charge on any atom is -0.493 e. The molecular weight excluding hydrogens is 174 g/mol. The molecule has 3 atom stereocenters. The maximum absolute atomic E-state index is 6.33. The van der Waals surface area contributed by atoms with Crippen LogP contribution in [-0.4, -0.2) is 12.1 Å². The van der Waals surface area contributed by atoms with Gasteiger partial charge in [-0.05, 0) is 18.4 Å². The Kier molecular flexibility index (Phi) is 1.49. The molecule has 14 heavy (non-hydrogen) atoms. The summed E-state index contributed by atoms with van der Waals surface area (Å²) in [4.78, 5) is 0. The first-order valence-electron chi connectivity index (χ1n) is 5.22. The molecular formula is C12H15NO. The molecule has 2 nitrogen and oxygen atoms in total. The average Bonchev–Trinajstić information content (AvgIpc) is 2.67. The zero-order valence-electron chi connectivity index (χ0n) is 8.36. The Hall–Kier alpha value is -1.02. The summed E-state index contributed by atoms with van der Waals surface area (Å²) in [6, 6.07) is 8.26. The Bertz CT molecular complexity index is 376. The van der Waals surface area contributed by atoms with E-state index in [0.29, 0.717) is 11.8 Å². The van der Waals surface area contributed by atoms with E-state index in [-0.39, 0.29) is 5.54 Å². The van der Waals surface area contributed by atoms with Crippen LogP contribution in [0.4, 0.5) is 0 Å². The lowest BCUT2D eigenvalue weighted by molar-refractivity contribution is 0.304. The van der Waals surface area contributed by atoms with Gasteiger partial charge in [0.1, 0.15) is 5.75 Å². The van der Waals surface area contributed by atoms with Crippen LogP contribution < -0.4 is 10.5 Å². The van der Waals surface area contributed by atoms with Gasteiger partial charge in [-0.25, -0.2) is 0 Å². The number of para-hydroxylation sites is 1. The Morgan fingerprint density at radius 1 is 1.43 bits per heavy atom. The predicted molar refractivity (Wildman–Crippen MR) is 55.4 cm³/mol. The van der Waals surface area contributed by atoms with Crippen molar-refractivity contribution in [2.45, 2.75) is 24.8 Å². The SMILES string of the molecule is CC1CC1(N)C1COc2ccccc21. The second-order valence-electron chi connectivity index (χ2n) is 4.62. The lowest BCUT2D eigenvalue weighted by Crippen LogP contribution is -2.33. The fourth-order valence-electron chi connectivity index (χ4n) is 2.56. The molecule has 0 aromatic heterocycles. The molecule has 0 bridgehead atoms. The van der Waals surface area contributed by atoms with E-state index in [1.807, 2.05) is 12.1 Å². The van der Waals surface area contributed by atoms with E-state index in [2.05, 4.69) is 19.1 Å². The van der Waals surface area contributed by atoms with E-state index in [1.165, 1.54) is 5.56 Å². The molecule has 1 aromatic rings. The van der Waals surface area contributed by atoms with Crippen molar-refractivity contribution < 1.29 is 4.74 Å². The highest BCUT2D eigenvalue weighted by molar-refractivity contribution is 5.43. The van der Waals surface area contributed by atoms with Crippen LogP contribution in [0, 0.1) is 5.92 Å². The average molecular weight is 189 g/mol. The van der Waals surface area contributed by atoms with E-state index >= 15 is 0 Å². The van der Waals surface area contributed by atoms with Crippen molar-refractivity contribution in [3.63, 3.8) is 0 Å². The van der Waals surface area contributed by atoms with E-state index in [4.69, 9.17) is 10.5 Å². The van der Waals surface area contributed by atoms with Crippen LogP contribution in [0.2, 0.25) is 0 Å². The fourth-order valence-corrected chi connectivity index (χ4v) is 2.56. The summed E-state index contributed by atoms with van der Waals surface area (Å²) in [5.41, 5.74) is 7.64. The van der Waals surface area contributed by atoms with Crippen LogP contribution in [0.1, 0.15) is 24.8 Å². The van der Waals surface area contributed by atoms with Gasteiger partial charge in [-0.2, -0.15) is 0 Å². The van der Waals surface area contributed by atoms with Crippen LogP contribution in [0.25, 0.3) is 0 Å². The van der Waals surface area contributed by atoms with Crippen LogP contribution in [0.3, 0.4) is 0 Å². The van der Waals surface area contributed by atoms with Crippen molar-refractivity contribution >= 4 is 0 Å². The van der Waals surface area contributed by atoms with Crippen molar-refractivity contribution in [2.24, 2.45) is 11.7 Å². The summed E-state index contributed by atoms with van der Waals surface area (Å²) < 4.78 is 5.65. The summed E-state index contributed by atoms with van der Waals surface area (Å²) in [5, 5.41) is 0. The van der Waals surface area contributed by atoms with Crippen molar-refractivity contribution in [3.05, 3.63) is 29.8 Å². The van der Waals surface area contributed by atoms with Gasteiger partial charge < -0.3 is 10.5 Å². The second kappa shape index (κ2) is 2.51. The van der Waals surface area contributed by atoms with Gasteiger partial charge in [-0.1, -0.05) is 25.1 Å². The number of rotatable bonds is 1. The second-order valence-corrected chi connectivity index (χ2v) is 4.62. The van der Waals surface area contributed by atoms with E-state index in [9.17, 15) is 0 Å². The van der Waals surface area contributed by atoms with Crippen molar-refractivity contribution in [2.75, 3.05) is 6.61 Å². The first-order valence-corrected chi connectivity index (χ1v) is 5.22. The minimum absolute atomic E-state index is 0.00655. The summed E-state index contributed by atoms with van der Waals surface area (Å²) in [6.45, 7) is 2.99. The predicted octanol–water partition coefficient (Wildman–Crippen LogP) is 1.90. The summed E-state index contributed by atoms with van der Waals surface area (Å²) >= 11 is 0. The highest BCUT2D eigenvalue weighted by atomic mass is 16.5. The number of ether oxygens (including phenoxy) is 1. The van der Waals surface area contributed by atoms with Crippen molar-refractivity contribution in [3.8, 4) is 5.75 Å². The smallest absolute Gasteiger partial charge is 0.122 e. The molecule has 1 aliphatic heterocycles. The molecule has 1 aromatic carbocycles. The monoisotopic (exact) mass is 189 g/mol. The molecule has 1 fully saturated rings. The third kappa shape index (κ3) is 0.947. The van der Waals surface area contributed by atoms with E-state index < -0.39 is 0 Å². The van der Waals surface area contributed by atoms with Crippen LogP contribution in [0.5, 0.6) is 5.75 Å². The van der Waals surface area contributed by atoms with Crippen molar-refractivity contribution in [1.82, 2.24) is 0 Å². The van der Waals surface area contributed by atoms with E-state index in [0.717, 1.165) is 18.8 Å². The normalized spacial score (nSPS) is 39.0. The molecule has 0 radical (unpaired) electrons. The zero-order valence-corrected chi connectivity index (χ0v) is 8.36. The van der Waals surface area contributed by atoms with Crippen LogP contribution in [0.15, 0.2) is 24.3 Å². The molecule has 3 rings (SSSR count). The number of hydrogen-bond acceptors (Lipinski definition) is 2. The lowest BCUT2D eigenvalue weighted by Gasteiger charge is -2.17. The van der Waals surface area contributed by atoms with Gasteiger partial charge in [0.25, 0.3) is 0 Å². The molecule has 2 heteroatoms. The molecule has 0 amide bonds. The molecule has 1 saturated carbocycles.